The van der Waals surface area contributed by atoms with E-state index in [1.54, 1.807) is 0 Å². The molecule has 0 fully saturated rings. The summed E-state index contributed by atoms with van der Waals surface area (Å²) in [4.78, 5) is 7.80. The maximum absolute atomic E-state index is 13.2. The molecule has 0 saturated carbocycles. The van der Waals surface area contributed by atoms with Crippen molar-refractivity contribution in [2.75, 3.05) is 6.54 Å². The van der Waals surface area contributed by atoms with E-state index in [0.717, 1.165) is 6.07 Å². The monoisotopic (exact) mass is 297 g/mol. The predicted octanol–water partition coefficient (Wildman–Crippen LogP) is 2.95. The van der Waals surface area contributed by atoms with E-state index < -0.39 is 17.7 Å². The van der Waals surface area contributed by atoms with Gasteiger partial charge in [-0.1, -0.05) is 12.1 Å². The van der Waals surface area contributed by atoms with Gasteiger partial charge in [0.15, 0.2) is 11.5 Å². The minimum atomic E-state index is -4.55. The summed E-state index contributed by atoms with van der Waals surface area (Å²) in [5, 5.41) is 2.98. The molecule has 1 N–H and O–H groups in total. The van der Waals surface area contributed by atoms with E-state index in [-0.39, 0.29) is 29.9 Å². The third-order valence-electron chi connectivity index (χ3n) is 3.29. The van der Waals surface area contributed by atoms with Crippen molar-refractivity contribution >= 4 is 0 Å². The summed E-state index contributed by atoms with van der Waals surface area (Å²) in [5.41, 5.74) is -0.244. The highest BCUT2D eigenvalue weighted by molar-refractivity contribution is 5.56. The van der Waals surface area contributed by atoms with Crippen LogP contribution in [0.1, 0.15) is 17.0 Å². The normalized spacial score (nSPS) is 14.9. The van der Waals surface area contributed by atoms with Crippen LogP contribution in [0.5, 0.6) is 0 Å². The first kappa shape index (κ1) is 13.9. The molecule has 0 unspecified atom stereocenters. The van der Waals surface area contributed by atoms with Gasteiger partial charge in [-0.2, -0.15) is 13.2 Å². The molecule has 2 aromatic rings. The lowest BCUT2D eigenvalue weighted by Gasteiger charge is -2.21. The van der Waals surface area contributed by atoms with E-state index in [1.165, 1.54) is 18.2 Å². The molecule has 3 rings (SSSR count). The lowest BCUT2D eigenvalue weighted by atomic mass is 10.0. The minimum Gasteiger partial charge on any atom is -0.311 e. The van der Waals surface area contributed by atoms with E-state index in [9.17, 15) is 17.6 Å². The Morgan fingerprint density at radius 2 is 1.95 bits per heavy atom. The third-order valence-corrected chi connectivity index (χ3v) is 3.29. The molecular weight excluding hydrogens is 286 g/mol. The van der Waals surface area contributed by atoms with Crippen molar-refractivity contribution in [3.63, 3.8) is 0 Å². The van der Waals surface area contributed by atoms with Gasteiger partial charge < -0.3 is 5.32 Å². The zero-order valence-corrected chi connectivity index (χ0v) is 10.8. The number of benzene rings is 1. The first-order valence-electron chi connectivity index (χ1n) is 6.39. The molecule has 0 spiro atoms. The highest BCUT2D eigenvalue weighted by Crippen LogP contribution is 2.34. The van der Waals surface area contributed by atoms with Crippen LogP contribution in [0.4, 0.5) is 17.6 Å². The van der Waals surface area contributed by atoms with Crippen molar-refractivity contribution in [1.82, 2.24) is 15.3 Å². The lowest BCUT2D eigenvalue weighted by Crippen LogP contribution is -2.28. The van der Waals surface area contributed by atoms with Crippen LogP contribution in [0.25, 0.3) is 11.4 Å². The van der Waals surface area contributed by atoms with Crippen molar-refractivity contribution in [3.8, 4) is 11.4 Å². The highest BCUT2D eigenvalue weighted by Gasteiger charge is 2.38. The number of hydrogen-bond donors (Lipinski definition) is 1. The largest absolute Gasteiger partial charge is 0.433 e. The molecule has 21 heavy (non-hydrogen) atoms. The summed E-state index contributed by atoms with van der Waals surface area (Å²) in [7, 11) is 0. The summed E-state index contributed by atoms with van der Waals surface area (Å²) in [6.07, 6.45) is -4.32. The summed E-state index contributed by atoms with van der Waals surface area (Å²) in [5.74, 6) is -0.648. The molecule has 1 aromatic carbocycles. The van der Waals surface area contributed by atoms with E-state index in [2.05, 4.69) is 15.3 Å². The van der Waals surface area contributed by atoms with Crippen molar-refractivity contribution in [1.29, 1.82) is 0 Å². The van der Waals surface area contributed by atoms with E-state index in [4.69, 9.17) is 0 Å². The molecule has 1 aliphatic rings. The van der Waals surface area contributed by atoms with Gasteiger partial charge in [0.2, 0.25) is 0 Å². The van der Waals surface area contributed by atoms with Gasteiger partial charge in [-0.25, -0.2) is 14.4 Å². The number of halogens is 4. The Kier molecular flexibility index (Phi) is 3.36. The molecule has 0 radical (unpaired) electrons. The first-order valence-corrected chi connectivity index (χ1v) is 6.39. The molecular formula is C14H11F4N3. The number of nitrogens with one attached hydrogen (secondary N) is 1. The molecule has 7 heteroatoms. The van der Waals surface area contributed by atoms with Gasteiger partial charge in [-0.3, -0.25) is 0 Å². The molecule has 0 saturated heterocycles. The average molecular weight is 297 g/mol. The molecule has 1 aliphatic heterocycles. The zero-order chi connectivity index (χ0) is 15.0. The number of rotatable bonds is 1. The quantitative estimate of drug-likeness (QED) is 0.822. The molecule has 0 amide bonds. The SMILES string of the molecule is Fc1cccc(-c2nc3c(c(C(F)(F)F)n2)CCNC3)c1. The Bertz CT molecular complexity index is 682. The molecule has 3 nitrogen and oxygen atoms in total. The maximum atomic E-state index is 13.2. The predicted molar refractivity (Wildman–Crippen MR) is 67.8 cm³/mol. The Morgan fingerprint density at radius 3 is 2.67 bits per heavy atom. The van der Waals surface area contributed by atoms with Crippen LogP contribution >= 0.6 is 0 Å². The van der Waals surface area contributed by atoms with Crippen LogP contribution in [0.3, 0.4) is 0 Å². The van der Waals surface area contributed by atoms with E-state index >= 15 is 0 Å². The topological polar surface area (TPSA) is 37.8 Å². The number of alkyl halides is 3. The van der Waals surface area contributed by atoms with Crippen LogP contribution in [-0.4, -0.2) is 16.5 Å². The van der Waals surface area contributed by atoms with Gasteiger partial charge in [0.05, 0.1) is 5.69 Å². The molecule has 1 aromatic heterocycles. The van der Waals surface area contributed by atoms with Gasteiger partial charge in [0, 0.05) is 17.7 Å². The summed E-state index contributed by atoms with van der Waals surface area (Å²) < 4.78 is 52.7. The number of aromatic nitrogens is 2. The lowest BCUT2D eigenvalue weighted by molar-refractivity contribution is -0.142. The summed E-state index contributed by atoms with van der Waals surface area (Å²) >= 11 is 0. The van der Waals surface area contributed by atoms with E-state index in [1.807, 2.05) is 0 Å². The van der Waals surface area contributed by atoms with E-state index in [0.29, 0.717) is 12.2 Å². The summed E-state index contributed by atoms with van der Waals surface area (Å²) in [6.45, 7) is 0.710. The van der Waals surface area contributed by atoms with Crippen molar-refractivity contribution in [2.24, 2.45) is 0 Å². The Hall–Kier alpha value is -2.02. The molecule has 0 bridgehead atoms. The van der Waals surface area contributed by atoms with Crippen molar-refractivity contribution in [2.45, 2.75) is 19.1 Å². The van der Waals surface area contributed by atoms with Gasteiger partial charge in [0.25, 0.3) is 0 Å². The van der Waals surface area contributed by atoms with Crippen LogP contribution in [0.2, 0.25) is 0 Å². The van der Waals surface area contributed by atoms with Crippen molar-refractivity contribution in [3.05, 3.63) is 47.0 Å². The zero-order valence-electron chi connectivity index (χ0n) is 10.8. The Balaban J connectivity index is 2.19. The smallest absolute Gasteiger partial charge is 0.311 e. The standard InChI is InChI=1S/C14H11F4N3/c15-9-3-1-2-8(6-9)13-20-11-7-19-5-4-10(11)12(21-13)14(16,17)18/h1-3,6,19H,4-5,7H2. The van der Waals surface area contributed by atoms with Crippen LogP contribution in [-0.2, 0) is 19.1 Å². The van der Waals surface area contributed by atoms with Gasteiger partial charge in [-0.15, -0.1) is 0 Å². The fraction of sp³-hybridized carbons (Fsp3) is 0.286. The van der Waals surface area contributed by atoms with Gasteiger partial charge >= 0.3 is 6.18 Å². The fourth-order valence-electron chi connectivity index (χ4n) is 2.35. The average Bonchev–Trinajstić information content (AvgIpc) is 2.45. The molecule has 110 valence electrons. The third kappa shape index (κ3) is 2.73. The fourth-order valence-corrected chi connectivity index (χ4v) is 2.35. The second kappa shape index (κ2) is 5.07. The number of fused-ring (bicyclic) bond motifs is 1. The van der Waals surface area contributed by atoms with Crippen LogP contribution in [0, 0.1) is 5.82 Å². The minimum absolute atomic E-state index is 0.107. The second-order valence-corrected chi connectivity index (χ2v) is 4.76. The van der Waals surface area contributed by atoms with Crippen LogP contribution < -0.4 is 5.32 Å². The second-order valence-electron chi connectivity index (χ2n) is 4.76. The van der Waals surface area contributed by atoms with Gasteiger partial charge in [-0.05, 0) is 25.1 Å². The molecule has 0 aliphatic carbocycles. The van der Waals surface area contributed by atoms with Crippen LogP contribution in [0.15, 0.2) is 24.3 Å². The molecule has 2 heterocycles. The summed E-state index contributed by atoms with van der Waals surface area (Å²) in [6, 6.07) is 5.24. The Morgan fingerprint density at radius 1 is 1.14 bits per heavy atom. The number of nitrogens with zero attached hydrogens (tertiary/aromatic N) is 2. The first-order chi connectivity index (χ1) is 9.95. The van der Waals surface area contributed by atoms with Gasteiger partial charge in [0.1, 0.15) is 5.82 Å². The molecule has 0 atom stereocenters. The van der Waals surface area contributed by atoms with Crippen molar-refractivity contribution < 1.29 is 17.6 Å². The Labute approximate surface area is 118 Å². The highest BCUT2D eigenvalue weighted by atomic mass is 19.4. The number of hydrogen-bond acceptors (Lipinski definition) is 3. The maximum Gasteiger partial charge on any atom is 0.433 e.